The Labute approximate surface area is 856 Å². The Hall–Kier alpha value is -17.8. The summed E-state index contributed by atoms with van der Waals surface area (Å²) in [5.41, 5.74) is 123. The predicted octanol–water partition coefficient (Wildman–Crippen LogP) is -0.931. The first-order valence-electron chi connectivity index (χ1n) is 46.2. The first kappa shape index (κ1) is 126. The highest BCUT2D eigenvalue weighted by Gasteiger charge is 2.12. The van der Waals surface area contributed by atoms with Crippen LogP contribution in [0, 0.1) is 78.5 Å². The van der Waals surface area contributed by atoms with E-state index in [0.29, 0.717) is 63.1 Å². The van der Waals surface area contributed by atoms with Crippen LogP contribution in [0.5, 0.6) is 0 Å². The maximum atomic E-state index is 7.56. The molecule has 9 aromatic heterocycles. The zero-order chi connectivity index (χ0) is 110. The molecule has 0 radical (unpaired) electrons. The molecule has 0 aliphatic rings. The van der Waals surface area contributed by atoms with Gasteiger partial charge in [-0.3, -0.25) is 66.4 Å². The van der Waals surface area contributed by atoms with Crippen LogP contribution in [0.3, 0.4) is 0 Å². The summed E-state index contributed by atoms with van der Waals surface area (Å²) in [4.78, 5) is 97.6. The van der Waals surface area contributed by atoms with Crippen molar-refractivity contribution in [1.82, 2.24) is 84.9 Å². The van der Waals surface area contributed by atoms with Crippen molar-refractivity contribution in [3.8, 4) is 0 Å². The van der Waals surface area contributed by atoms with Gasteiger partial charge in [0.1, 0.15) is 0 Å². The number of nitrogens with one attached hydrogen (secondary N) is 14. The number of hydrogen-bond donors (Lipinski definition) is 33. The van der Waals surface area contributed by atoms with Crippen molar-refractivity contribution in [2.75, 3.05) is 136 Å². The van der Waals surface area contributed by atoms with Crippen molar-refractivity contribution < 1.29 is 0 Å². The number of aromatic nitrogens is 9. The number of aliphatic imine (C=N–C) groups is 15. The Morgan fingerprint density at radius 1 is 0.274 bits per heavy atom. The van der Waals surface area contributed by atoms with Crippen LogP contribution in [-0.4, -0.2) is 318 Å². The molecule has 146 heavy (non-hydrogen) atoms. The lowest BCUT2D eigenvalue weighted by atomic mass is 10.3. The Balaban J connectivity index is 0.000000821. The minimum atomic E-state index is -0.114. The average Bonchev–Trinajstić information content (AvgIpc) is 1.77. The number of hydrogen-bond acceptors (Lipinski definition) is 11. The van der Waals surface area contributed by atoms with Gasteiger partial charge in [0.05, 0.1) is 0 Å². The van der Waals surface area contributed by atoms with Gasteiger partial charge in [0, 0.05) is 297 Å². The quantitative estimate of drug-likeness (QED) is 0.0218. The summed E-state index contributed by atoms with van der Waals surface area (Å²) >= 11 is 0. The summed E-state index contributed by atoms with van der Waals surface area (Å²) in [6.45, 7) is 24.1. The summed E-state index contributed by atoms with van der Waals surface area (Å²) in [6, 6.07) is 36.7. The van der Waals surface area contributed by atoms with E-state index in [0.717, 1.165) is 163 Å². The third-order valence-corrected chi connectivity index (χ3v) is 19.6. The number of aryl methyl sites for hydroxylation is 9. The minimum Gasteiger partial charge on any atom is -0.370 e. The molecule has 0 unspecified atom stereocenters. The molecule has 0 aliphatic carbocycles. The van der Waals surface area contributed by atoms with Crippen molar-refractivity contribution in [2.24, 2.45) is 184 Å². The molecule has 0 saturated heterocycles. The lowest BCUT2D eigenvalue weighted by molar-refractivity contribution is 0.497. The molecule has 0 aromatic carbocycles. The molecule has 54 nitrogen and oxygen atoms in total. The standard InChI is InChI=1S/3C11H20N6.5C10H18N6.C9H16N6/c1-8-4-5-9(15-8)6-7-14-10(12)16-11(13)17(2)3;1-8-4-5-9(15-8)6-7-17(3)11(13)16-10(12)14-2;1-8-4-5-9(15-8)6-7-17(3)11(14-2)16-10(12)13;1-7-3-4-8(15-7)5-6-14-10(12)16-9(11)13-2;2*1-7-3-4-8(14-7)5-6-16(2)10(13)15-9(11)12;1-7-3-4-8(15-7)5-6-14-10(13)16(2)9(11)12;1-7-3-4-8(15-7)5-6-14-10(13-2)16-9(11)12;1-6-2-3-7(14-6)4-5-13-9(12)15-8(10)11/h3*4-5,15H,6-7H2,1-3H3,(H4,12,13,14,16);3-4,15H,5-6H2,1-2H3,(H5,11,12,13,14,16);2*3-4,14H,5-6H2,1-2H3,(H5,11,12,13,15);3-4,15H,5-6H2,1-2H3,(H3,11,12)(H2,13,14);3-4,15H,5-6H2,1-2H3,(H5,11,12,13,14,16);2-3,14H,4-5H2,1H3,(H6,10,11,12,13,15). The first-order valence-corrected chi connectivity index (χ1v) is 46.2. The number of H-pyrrole nitrogens is 9. The van der Waals surface area contributed by atoms with Crippen LogP contribution < -0.4 is 120 Å². The van der Waals surface area contributed by atoms with Gasteiger partial charge < -0.3 is 184 Å². The SMILES string of the molecule is CN=C(N)N=C(N)N(C)CCc1ccc(C)[nH]1.CN=C(N)NC(N)=NCCc1ccc(C)[nH]1.CN=C(N=C(N)N)N(C)CCc1ccc(C)[nH]1.CN=C(N=C(N)N)NCCc1ccc(C)[nH]1.Cc1ccc(CCN(C)C(=N)N=C(N)N)[nH]1.Cc1ccc(CCN(C)C(=N)N=C(N)N)[nH]1.Cc1ccc(CCN=C(N)N(C)C(=N)N)[nH]1.Cc1ccc(CCN=C(N)N=C(N)N(C)C)[nH]1.Cc1ccc(CCN=C(N)N=C(N)N)[nH]1. The van der Waals surface area contributed by atoms with Crippen LogP contribution in [0.1, 0.15) is 102 Å². The van der Waals surface area contributed by atoms with E-state index in [1.165, 1.54) is 22.0 Å². The summed E-state index contributed by atoms with van der Waals surface area (Å²) < 4.78 is 0. The fraction of sp³-hybridized carbons (Fsp3) is 0.413. The highest BCUT2D eigenvalue weighted by atomic mass is 15.3. The molecule has 0 saturated carbocycles. The number of likely N-dealkylation sites (N-methyl/N-ethyl adjacent to an activating group) is 4. The van der Waals surface area contributed by atoms with Crippen LogP contribution >= 0.6 is 0 Å². The van der Waals surface area contributed by atoms with Crippen LogP contribution in [-0.2, 0) is 57.8 Å². The van der Waals surface area contributed by atoms with Gasteiger partial charge in [0.15, 0.2) is 65.6 Å². The van der Waals surface area contributed by atoms with Crippen LogP contribution in [0.15, 0.2) is 184 Å². The Kier molecular flexibility index (Phi) is 60.4. The van der Waals surface area contributed by atoms with E-state index in [1.807, 2.05) is 165 Å². The molecule has 52 N–H and O–H groups in total. The average molecular weight is 2030 g/mol. The molecule has 0 amide bonds. The molecule has 0 atom stereocenters. The summed E-state index contributed by atoms with van der Waals surface area (Å²) in [5.74, 6) is 2.81. The van der Waals surface area contributed by atoms with Crippen LogP contribution in [0.25, 0.3) is 0 Å². The van der Waals surface area contributed by atoms with E-state index in [9.17, 15) is 0 Å². The van der Waals surface area contributed by atoms with E-state index >= 15 is 0 Å². The molecular weight excluding hydrogens is 1860 g/mol. The van der Waals surface area contributed by atoms with Gasteiger partial charge in [-0.2, -0.15) is 34.9 Å². The van der Waals surface area contributed by atoms with Gasteiger partial charge in [-0.15, -0.1) is 0 Å². The van der Waals surface area contributed by atoms with Crippen LogP contribution in [0.2, 0.25) is 0 Å². The minimum absolute atomic E-state index is 0.00354. The fourth-order valence-electron chi connectivity index (χ4n) is 11.7. The van der Waals surface area contributed by atoms with E-state index in [4.69, 9.17) is 125 Å². The second kappa shape index (κ2) is 69.9. The maximum absolute atomic E-state index is 7.56. The molecule has 804 valence electrons. The van der Waals surface area contributed by atoms with Crippen molar-refractivity contribution in [3.63, 3.8) is 0 Å². The predicted molar refractivity (Wildman–Crippen MR) is 604 cm³/mol. The third-order valence-electron chi connectivity index (χ3n) is 19.6. The maximum Gasteiger partial charge on any atom is 0.223 e. The Morgan fingerprint density at radius 3 is 0.842 bits per heavy atom. The van der Waals surface area contributed by atoms with Crippen LogP contribution in [0.4, 0.5) is 0 Å². The summed E-state index contributed by atoms with van der Waals surface area (Å²) in [7, 11) is 19.0. The molecule has 0 fully saturated rings. The topological polar surface area (TPSA) is 937 Å². The summed E-state index contributed by atoms with van der Waals surface area (Å²) in [6.07, 6.45) is 7.50. The Morgan fingerprint density at radius 2 is 0.562 bits per heavy atom. The normalized spacial score (nSPS) is 11.6. The number of guanidine groups is 18. The second-order valence-corrected chi connectivity index (χ2v) is 32.8. The third kappa shape index (κ3) is 60.2. The largest absolute Gasteiger partial charge is 0.370 e. The van der Waals surface area contributed by atoms with E-state index in [-0.39, 0.29) is 83.4 Å². The van der Waals surface area contributed by atoms with Gasteiger partial charge in [-0.25, -0.2) is 0 Å². The second-order valence-electron chi connectivity index (χ2n) is 32.8. The van der Waals surface area contributed by atoms with Crippen molar-refractivity contribution in [1.29, 1.82) is 16.2 Å². The van der Waals surface area contributed by atoms with Gasteiger partial charge >= 0.3 is 0 Å². The highest BCUT2D eigenvalue weighted by Crippen LogP contribution is 2.10. The molecular formula is C92H166N54. The Bertz CT molecular complexity index is 5690. The van der Waals surface area contributed by atoms with E-state index < -0.39 is 0 Å². The molecule has 9 aromatic rings. The molecule has 0 aliphatic heterocycles. The summed E-state index contributed by atoms with van der Waals surface area (Å²) in [5, 5.41) is 28.0. The zero-order valence-electron chi connectivity index (χ0n) is 88.5. The molecule has 0 spiro atoms. The van der Waals surface area contributed by atoms with Gasteiger partial charge in [-0.1, -0.05) is 0 Å². The molecule has 9 rings (SSSR count). The van der Waals surface area contributed by atoms with Gasteiger partial charge in [0.25, 0.3) is 0 Å². The van der Waals surface area contributed by atoms with E-state index in [1.54, 1.807) is 78.1 Å². The van der Waals surface area contributed by atoms with Crippen molar-refractivity contribution in [3.05, 3.63) is 212 Å². The zero-order valence-corrected chi connectivity index (χ0v) is 88.5. The number of aromatic amines is 9. The van der Waals surface area contributed by atoms with Crippen molar-refractivity contribution in [2.45, 2.75) is 120 Å². The lowest BCUT2D eigenvalue weighted by Gasteiger charge is -2.17. The molecule has 0 bridgehead atoms. The molecule has 54 heteroatoms. The fourth-order valence-corrected chi connectivity index (χ4v) is 11.7. The number of nitrogens with two attached hydrogens (primary N) is 19. The van der Waals surface area contributed by atoms with Crippen molar-refractivity contribution >= 4 is 107 Å². The van der Waals surface area contributed by atoms with Gasteiger partial charge in [-0.05, 0) is 172 Å². The van der Waals surface area contributed by atoms with Gasteiger partial charge in [0.2, 0.25) is 41.7 Å². The monoisotopic (exact) mass is 2030 g/mol. The number of nitrogens with zero attached hydrogens (tertiary/aromatic N) is 21. The lowest BCUT2D eigenvalue weighted by Crippen LogP contribution is -2.42. The smallest absolute Gasteiger partial charge is 0.223 e. The number of rotatable bonds is 27. The van der Waals surface area contributed by atoms with E-state index in [2.05, 4.69) is 161 Å². The highest BCUT2D eigenvalue weighted by molar-refractivity contribution is 5.98. The molecule has 9 heterocycles. The first-order chi connectivity index (χ1) is 68.8.